The normalized spacial score (nSPS) is 20.6. The van der Waals surface area contributed by atoms with Gasteiger partial charge >= 0.3 is 0 Å². The summed E-state index contributed by atoms with van der Waals surface area (Å²) in [7, 11) is 0. The van der Waals surface area contributed by atoms with Crippen molar-refractivity contribution < 1.29 is 9.22 Å². The summed E-state index contributed by atoms with van der Waals surface area (Å²) in [4.78, 5) is 0. The Balaban J connectivity index is 2.26. The minimum Gasteiger partial charge on any atom is -0.367 e. The molecule has 0 amide bonds. The molecule has 0 saturated carbocycles. The van der Waals surface area contributed by atoms with Gasteiger partial charge in [0.05, 0.1) is 26.2 Å². The maximum absolute atomic E-state index is 5.38. The van der Waals surface area contributed by atoms with Gasteiger partial charge in [-0.05, 0) is 26.7 Å². The number of hydrogen-bond acceptors (Lipinski definition) is 1. The molecule has 0 aliphatic carbocycles. The van der Waals surface area contributed by atoms with Crippen molar-refractivity contribution in [1.29, 1.82) is 0 Å². The molecule has 0 bridgehead atoms. The van der Waals surface area contributed by atoms with Crippen LogP contribution in [0.2, 0.25) is 0 Å². The van der Waals surface area contributed by atoms with E-state index in [-0.39, 0.29) is 0 Å². The maximum Gasteiger partial charge on any atom is 0.130 e. The van der Waals surface area contributed by atoms with Gasteiger partial charge in [0.25, 0.3) is 0 Å². The van der Waals surface area contributed by atoms with Crippen LogP contribution >= 0.6 is 0 Å². The zero-order valence-electron chi connectivity index (χ0n) is 10.8. The molecule has 1 saturated heterocycles. The van der Waals surface area contributed by atoms with Gasteiger partial charge in [0.2, 0.25) is 0 Å². The lowest BCUT2D eigenvalue weighted by Gasteiger charge is -2.36. The molecule has 1 fully saturated rings. The monoisotopic (exact) mass is 214 g/mol. The number of quaternary nitrogens is 1. The summed E-state index contributed by atoms with van der Waals surface area (Å²) < 4.78 is 6.65. The van der Waals surface area contributed by atoms with Gasteiger partial charge in [-0.25, -0.2) is 0 Å². The Morgan fingerprint density at radius 2 is 1.73 bits per heavy atom. The summed E-state index contributed by atoms with van der Waals surface area (Å²) in [5, 5.41) is 0. The molecule has 1 aliphatic heterocycles. The van der Waals surface area contributed by atoms with Crippen LogP contribution in [0.3, 0.4) is 0 Å². The average Bonchev–Trinajstić information content (AvgIpc) is 3.06. The van der Waals surface area contributed by atoms with Crippen LogP contribution in [0.4, 0.5) is 0 Å². The highest BCUT2D eigenvalue weighted by atomic mass is 16.6. The van der Waals surface area contributed by atoms with E-state index in [1.165, 1.54) is 56.3 Å². The van der Waals surface area contributed by atoms with Crippen molar-refractivity contribution in [3.05, 3.63) is 0 Å². The summed E-state index contributed by atoms with van der Waals surface area (Å²) >= 11 is 0. The van der Waals surface area contributed by atoms with E-state index in [1.807, 2.05) is 0 Å². The quantitative estimate of drug-likeness (QED) is 0.327. The second-order valence-corrected chi connectivity index (χ2v) is 4.90. The number of likely N-dealkylation sites (N-methyl/N-ethyl adjacent to an activating group) is 1. The molecule has 0 aromatic heterocycles. The molecule has 0 aromatic rings. The van der Waals surface area contributed by atoms with Crippen LogP contribution in [0.5, 0.6) is 0 Å². The van der Waals surface area contributed by atoms with Crippen molar-refractivity contribution in [1.82, 2.24) is 0 Å². The lowest BCUT2D eigenvalue weighted by atomic mass is 10.1. The number of hydrogen-bond donors (Lipinski definition) is 0. The molecule has 15 heavy (non-hydrogen) atoms. The average molecular weight is 214 g/mol. The van der Waals surface area contributed by atoms with Crippen molar-refractivity contribution in [3.63, 3.8) is 0 Å². The van der Waals surface area contributed by atoms with Crippen LogP contribution in [-0.2, 0) is 4.74 Å². The second kappa shape index (κ2) is 6.49. The number of ether oxygens (including phenoxy) is 1. The van der Waals surface area contributed by atoms with Gasteiger partial charge < -0.3 is 9.22 Å². The van der Waals surface area contributed by atoms with E-state index in [2.05, 4.69) is 20.8 Å². The van der Waals surface area contributed by atoms with Crippen LogP contribution in [0.25, 0.3) is 0 Å². The Labute approximate surface area is 95.2 Å². The summed E-state index contributed by atoms with van der Waals surface area (Å²) in [6.07, 6.45) is 6.11. The fourth-order valence-corrected chi connectivity index (χ4v) is 2.37. The molecule has 2 nitrogen and oxygen atoms in total. The Morgan fingerprint density at radius 3 is 2.20 bits per heavy atom. The van der Waals surface area contributed by atoms with Gasteiger partial charge in [0.15, 0.2) is 0 Å². The first-order valence-electron chi connectivity index (χ1n) is 6.73. The van der Waals surface area contributed by atoms with Crippen LogP contribution in [0.1, 0.15) is 46.5 Å². The third-order valence-corrected chi connectivity index (χ3v) is 3.82. The number of unbranched alkanes of at least 4 members (excludes halogenated alkanes) is 3. The Hall–Kier alpha value is -0.0800. The van der Waals surface area contributed by atoms with E-state index in [4.69, 9.17) is 4.74 Å². The van der Waals surface area contributed by atoms with E-state index >= 15 is 0 Å². The SMILES string of the molecule is CCCCCC[N+](CC)(CC)CC1CO1. The van der Waals surface area contributed by atoms with Crippen molar-refractivity contribution in [2.75, 3.05) is 32.8 Å². The van der Waals surface area contributed by atoms with Crippen LogP contribution < -0.4 is 0 Å². The van der Waals surface area contributed by atoms with E-state index in [0.717, 1.165) is 6.61 Å². The Kier molecular flexibility index (Phi) is 5.62. The molecule has 0 radical (unpaired) electrons. The lowest BCUT2D eigenvalue weighted by molar-refractivity contribution is -0.925. The third-order valence-electron chi connectivity index (χ3n) is 3.82. The topological polar surface area (TPSA) is 12.5 Å². The highest BCUT2D eigenvalue weighted by Crippen LogP contribution is 2.18. The fourth-order valence-electron chi connectivity index (χ4n) is 2.37. The standard InChI is InChI=1S/C13H28NO/c1-4-7-8-9-10-14(5-2,6-3)11-13-12-15-13/h13H,4-12H2,1-3H3/q+1. The number of rotatable bonds is 9. The van der Waals surface area contributed by atoms with Crippen molar-refractivity contribution in [2.45, 2.75) is 52.6 Å². The van der Waals surface area contributed by atoms with Crippen molar-refractivity contribution in [3.8, 4) is 0 Å². The molecule has 1 unspecified atom stereocenters. The predicted molar refractivity (Wildman–Crippen MR) is 65.0 cm³/mol. The molecule has 1 rings (SSSR count). The van der Waals surface area contributed by atoms with E-state index < -0.39 is 0 Å². The molecule has 0 N–H and O–H groups in total. The molecule has 0 spiro atoms. The van der Waals surface area contributed by atoms with E-state index in [0.29, 0.717) is 6.10 Å². The molecule has 1 atom stereocenters. The van der Waals surface area contributed by atoms with Gasteiger partial charge in [-0.15, -0.1) is 0 Å². The highest BCUT2D eigenvalue weighted by Gasteiger charge is 2.34. The molecule has 2 heteroatoms. The Morgan fingerprint density at radius 1 is 1.07 bits per heavy atom. The van der Waals surface area contributed by atoms with Crippen LogP contribution in [0, 0.1) is 0 Å². The zero-order valence-corrected chi connectivity index (χ0v) is 10.8. The van der Waals surface area contributed by atoms with Gasteiger partial charge in [0, 0.05) is 0 Å². The largest absolute Gasteiger partial charge is 0.367 e. The van der Waals surface area contributed by atoms with Crippen LogP contribution in [0.15, 0.2) is 0 Å². The van der Waals surface area contributed by atoms with Gasteiger partial charge in [0.1, 0.15) is 12.6 Å². The Bertz CT molecular complexity index is 162. The third kappa shape index (κ3) is 4.52. The number of epoxide rings is 1. The number of nitrogens with zero attached hydrogens (tertiary/aromatic N) is 1. The molecule has 0 aromatic carbocycles. The molecular weight excluding hydrogens is 186 g/mol. The first-order chi connectivity index (χ1) is 7.26. The maximum atomic E-state index is 5.38. The second-order valence-electron chi connectivity index (χ2n) is 4.90. The summed E-state index contributed by atoms with van der Waals surface area (Å²) in [6.45, 7) is 13.1. The molecule has 1 aliphatic rings. The lowest BCUT2D eigenvalue weighted by Crippen LogP contribution is -2.50. The highest BCUT2D eigenvalue weighted by molar-refractivity contribution is 4.68. The fraction of sp³-hybridized carbons (Fsp3) is 1.00. The van der Waals surface area contributed by atoms with Crippen LogP contribution in [-0.4, -0.2) is 43.4 Å². The molecular formula is C13H28NO+. The summed E-state index contributed by atoms with van der Waals surface area (Å²) in [5.74, 6) is 0. The molecule has 1 heterocycles. The van der Waals surface area contributed by atoms with E-state index in [1.54, 1.807) is 0 Å². The predicted octanol–water partition coefficient (Wildman–Crippen LogP) is 2.82. The summed E-state index contributed by atoms with van der Waals surface area (Å²) in [6, 6.07) is 0. The van der Waals surface area contributed by atoms with E-state index in [9.17, 15) is 0 Å². The molecule has 90 valence electrons. The van der Waals surface area contributed by atoms with Gasteiger partial charge in [-0.1, -0.05) is 19.8 Å². The van der Waals surface area contributed by atoms with Crippen molar-refractivity contribution in [2.24, 2.45) is 0 Å². The van der Waals surface area contributed by atoms with Crippen molar-refractivity contribution >= 4 is 0 Å². The first-order valence-corrected chi connectivity index (χ1v) is 6.73. The minimum absolute atomic E-state index is 0.580. The summed E-state index contributed by atoms with van der Waals surface area (Å²) in [5.41, 5.74) is 0. The first kappa shape index (κ1) is 13.0. The zero-order chi connectivity index (χ0) is 11.1. The minimum atomic E-state index is 0.580. The van der Waals surface area contributed by atoms with Gasteiger partial charge in [-0.2, -0.15) is 0 Å². The van der Waals surface area contributed by atoms with Gasteiger partial charge in [-0.3, -0.25) is 0 Å². The smallest absolute Gasteiger partial charge is 0.130 e.